The predicted octanol–water partition coefficient (Wildman–Crippen LogP) is -1.78. The molecule has 96 valence electrons. The van der Waals surface area contributed by atoms with E-state index in [9.17, 15) is 21.6 Å². The molecule has 0 aromatic heterocycles. The summed E-state index contributed by atoms with van der Waals surface area (Å²) in [5, 5.41) is -0.713. The van der Waals surface area contributed by atoms with Gasteiger partial charge in [-0.1, -0.05) is 0 Å². The number of nitrogens with one attached hydrogen (secondary N) is 1. The molecule has 0 aliphatic heterocycles. The van der Waals surface area contributed by atoms with Crippen LogP contribution in [0.4, 0.5) is 10.1 Å². The van der Waals surface area contributed by atoms with E-state index in [4.69, 9.17) is 0 Å². The number of rotatable bonds is 4. The quantitative estimate of drug-likeness (QED) is 0.526. The van der Waals surface area contributed by atoms with E-state index in [1.165, 1.54) is 13.8 Å². The number of halogens is 1. The summed E-state index contributed by atoms with van der Waals surface area (Å²) in [5.41, 5.74) is -0.270. The van der Waals surface area contributed by atoms with Gasteiger partial charge >= 0.3 is 29.6 Å². The Morgan fingerprint density at radius 1 is 1.39 bits per heavy atom. The molecule has 0 spiro atoms. The molecule has 0 aliphatic carbocycles. The molecule has 1 N–H and O–H groups in total. The zero-order chi connectivity index (χ0) is 13.2. The van der Waals surface area contributed by atoms with E-state index in [-0.39, 0.29) is 40.1 Å². The first-order valence-electron chi connectivity index (χ1n) is 4.64. The summed E-state index contributed by atoms with van der Waals surface area (Å²) in [7, 11) is -3.65. The van der Waals surface area contributed by atoms with Crippen molar-refractivity contribution in [2.75, 3.05) is 4.72 Å². The minimum absolute atomic E-state index is 0. The van der Waals surface area contributed by atoms with Gasteiger partial charge < -0.3 is 4.55 Å². The molecule has 18 heavy (non-hydrogen) atoms. The van der Waals surface area contributed by atoms with Gasteiger partial charge in [0.25, 0.3) is 0 Å². The molecule has 1 aromatic rings. The summed E-state index contributed by atoms with van der Waals surface area (Å²) in [5.74, 6) is -0.934. The number of hydrogen-bond donors (Lipinski definition) is 1. The summed E-state index contributed by atoms with van der Waals surface area (Å²) in [6, 6.07) is 2.94. The van der Waals surface area contributed by atoms with Gasteiger partial charge in [-0.15, -0.1) is 0 Å². The molecule has 1 rings (SSSR count). The van der Waals surface area contributed by atoms with E-state index >= 15 is 0 Å². The van der Waals surface area contributed by atoms with Crippen molar-refractivity contribution < 1.29 is 51.1 Å². The molecule has 5 nitrogen and oxygen atoms in total. The molecule has 9 heteroatoms. The molecular weight excluding hydrogens is 292 g/mol. The van der Waals surface area contributed by atoms with E-state index < -0.39 is 32.2 Å². The summed E-state index contributed by atoms with van der Waals surface area (Å²) in [6.07, 6.45) is 0. The average Bonchev–Trinajstić information content (AvgIpc) is 2.20. The molecule has 0 aliphatic rings. The summed E-state index contributed by atoms with van der Waals surface area (Å²) < 4.78 is 59.5. The smallest absolute Gasteiger partial charge is 0.768 e. The predicted molar refractivity (Wildman–Crippen MR) is 61.3 cm³/mol. The molecule has 0 fully saturated rings. The first-order valence-corrected chi connectivity index (χ1v) is 7.26. The van der Waals surface area contributed by atoms with Crippen LogP contribution in [0.3, 0.4) is 0 Å². The van der Waals surface area contributed by atoms with E-state index in [0.29, 0.717) is 0 Å². The van der Waals surface area contributed by atoms with Gasteiger partial charge in [-0.2, -0.15) is 0 Å². The molecule has 0 amide bonds. The van der Waals surface area contributed by atoms with Crippen LogP contribution < -0.4 is 34.3 Å². The van der Waals surface area contributed by atoms with Crippen LogP contribution >= 0.6 is 0 Å². The van der Waals surface area contributed by atoms with E-state index in [1.54, 1.807) is 0 Å². The van der Waals surface area contributed by atoms with E-state index in [0.717, 1.165) is 18.2 Å². The Morgan fingerprint density at radius 2 is 1.94 bits per heavy atom. The Morgan fingerprint density at radius 3 is 2.33 bits per heavy atom. The topological polar surface area (TPSA) is 86.3 Å². The van der Waals surface area contributed by atoms with Gasteiger partial charge in [0, 0.05) is 4.90 Å². The van der Waals surface area contributed by atoms with Crippen LogP contribution in [0.5, 0.6) is 0 Å². The van der Waals surface area contributed by atoms with Crippen molar-refractivity contribution in [2.24, 2.45) is 0 Å². The first-order chi connectivity index (χ1) is 7.74. The third-order valence-electron chi connectivity index (χ3n) is 2.01. The van der Waals surface area contributed by atoms with Crippen molar-refractivity contribution in [2.45, 2.75) is 24.0 Å². The van der Waals surface area contributed by atoms with Crippen LogP contribution in [0, 0.1) is 5.82 Å². The molecule has 0 bridgehead atoms. The molecule has 0 heterocycles. The maximum Gasteiger partial charge on any atom is 1.00 e. The Kier molecular flexibility index (Phi) is 6.97. The molecule has 1 aromatic carbocycles. The van der Waals surface area contributed by atoms with E-state index in [1.807, 2.05) is 4.72 Å². The monoisotopic (exact) mass is 303 g/mol. The Labute approximate surface area is 130 Å². The van der Waals surface area contributed by atoms with Crippen molar-refractivity contribution in [3.63, 3.8) is 0 Å². The third-order valence-corrected chi connectivity index (χ3v) is 4.39. The second-order valence-electron chi connectivity index (χ2n) is 3.57. The zero-order valence-electron chi connectivity index (χ0n) is 10.1. The second kappa shape index (κ2) is 6.97. The first kappa shape index (κ1) is 18.0. The maximum atomic E-state index is 13.4. The van der Waals surface area contributed by atoms with Crippen LogP contribution in [0.15, 0.2) is 23.1 Å². The second-order valence-corrected chi connectivity index (χ2v) is 6.75. The number of anilines is 1. The molecule has 1 atom stereocenters. The third kappa shape index (κ3) is 4.60. The van der Waals surface area contributed by atoms with E-state index in [2.05, 4.69) is 0 Å². The normalized spacial score (nSPS) is 12.9. The van der Waals surface area contributed by atoms with Crippen molar-refractivity contribution in [3.05, 3.63) is 24.0 Å². The van der Waals surface area contributed by atoms with Crippen LogP contribution in [-0.4, -0.2) is 22.4 Å². The van der Waals surface area contributed by atoms with Crippen LogP contribution in [-0.2, 0) is 21.1 Å². The molecule has 0 radical (unpaired) electrons. The van der Waals surface area contributed by atoms with Gasteiger partial charge in [-0.3, -0.25) is 8.93 Å². The summed E-state index contributed by atoms with van der Waals surface area (Å²) in [6.45, 7) is 2.89. The van der Waals surface area contributed by atoms with Crippen molar-refractivity contribution >= 4 is 26.8 Å². The zero-order valence-corrected chi connectivity index (χ0v) is 13.8. The van der Waals surface area contributed by atoms with Gasteiger partial charge in [0.15, 0.2) is 0 Å². The van der Waals surface area contributed by atoms with Crippen molar-refractivity contribution in [1.82, 2.24) is 0 Å². The van der Waals surface area contributed by atoms with Gasteiger partial charge in [0.2, 0.25) is 10.0 Å². The molecular formula is C9H11FNNaO4S2. The fourth-order valence-corrected chi connectivity index (χ4v) is 2.04. The Bertz CT molecular complexity index is 547. The maximum absolute atomic E-state index is 13.4. The number of hydrogen-bond acceptors (Lipinski definition) is 4. The van der Waals surface area contributed by atoms with Crippen LogP contribution in [0.25, 0.3) is 0 Å². The summed E-state index contributed by atoms with van der Waals surface area (Å²) >= 11 is -2.55. The van der Waals surface area contributed by atoms with Crippen molar-refractivity contribution in [3.8, 4) is 0 Å². The van der Waals surface area contributed by atoms with Gasteiger partial charge in [-0.05, 0) is 43.1 Å². The largest absolute Gasteiger partial charge is 1.00 e. The minimum atomic E-state index is -3.65. The van der Waals surface area contributed by atoms with Crippen LogP contribution in [0.2, 0.25) is 0 Å². The Balaban J connectivity index is 0.00000289. The fourth-order valence-electron chi connectivity index (χ4n) is 0.953. The van der Waals surface area contributed by atoms with Crippen molar-refractivity contribution in [1.29, 1.82) is 0 Å². The average molecular weight is 303 g/mol. The molecule has 0 saturated carbocycles. The van der Waals surface area contributed by atoms with Gasteiger partial charge in [-0.25, -0.2) is 12.8 Å². The standard InChI is InChI=1S/C9H12FNO4S2.Na/c1-6(2)17(14,15)11-9-4-3-7(16(12)13)5-8(9)10;/h3-6,11H,1-2H3,(H,12,13);/q;+1/p-1. The summed E-state index contributed by atoms with van der Waals surface area (Å²) in [4.78, 5) is -0.241. The number of benzene rings is 1. The van der Waals surface area contributed by atoms with Crippen LogP contribution in [0.1, 0.15) is 13.8 Å². The molecule has 1 unspecified atom stereocenters. The molecule has 0 saturated heterocycles. The SMILES string of the molecule is CC(C)S(=O)(=O)Nc1ccc(S(=O)[O-])cc1F.[Na+]. The van der Waals surface area contributed by atoms with Gasteiger partial charge in [0.05, 0.1) is 10.9 Å². The Hall–Kier alpha value is 0.01000. The van der Waals surface area contributed by atoms with Gasteiger partial charge in [0.1, 0.15) is 5.82 Å². The number of sulfonamides is 1. The minimum Gasteiger partial charge on any atom is -0.768 e. The fraction of sp³-hybridized carbons (Fsp3) is 0.333.